The number of nitrogens with two attached hydrogens (primary N) is 1. The van der Waals surface area contributed by atoms with Crippen LogP contribution in [0.1, 0.15) is 11.3 Å². The summed E-state index contributed by atoms with van der Waals surface area (Å²) in [6, 6.07) is 1.68. The molecule has 0 bridgehead atoms. The zero-order valence-electron chi connectivity index (χ0n) is 6.67. The van der Waals surface area contributed by atoms with Crippen molar-refractivity contribution in [2.75, 3.05) is 0 Å². The number of primary amides is 1. The Balaban J connectivity index is 3.00. The molecule has 4 heteroatoms. The monoisotopic (exact) mass is 184 g/mol. The van der Waals surface area contributed by atoms with Gasteiger partial charge in [-0.15, -0.1) is 0 Å². The predicted octanol–water partition coefficient (Wildman–Crippen LogP) is 1.07. The van der Waals surface area contributed by atoms with Gasteiger partial charge >= 0.3 is 0 Å². The summed E-state index contributed by atoms with van der Waals surface area (Å²) in [6.07, 6.45) is 1.71. The van der Waals surface area contributed by atoms with Crippen LogP contribution in [0.3, 0.4) is 0 Å². The highest BCUT2D eigenvalue weighted by atomic mass is 35.5. The molecular weight excluding hydrogens is 176 g/mol. The van der Waals surface area contributed by atoms with Crippen LogP contribution in [0.2, 0.25) is 5.02 Å². The molecule has 3 nitrogen and oxygen atoms in total. The first-order valence-electron chi connectivity index (χ1n) is 3.49. The van der Waals surface area contributed by atoms with Crippen LogP contribution >= 0.6 is 11.6 Å². The number of carbonyl (C=O) groups excluding carboxylic acids is 1. The van der Waals surface area contributed by atoms with Crippen LogP contribution < -0.4 is 5.73 Å². The van der Waals surface area contributed by atoms with Crippen molar-refractivity contribution >= 4 is 17.5 Å². The lowest BCUT2D eigenvalue weighted by Gasteiger charge is -2.02. The number of hydrogen-bond acceptors (Lipinski definition) is 2. The summed E-state index contributed by atoms with van der Waals surface area (Å²) in [7, 11) is 0. The van der Waals surface area contributed by atoms with Crippen LogP contribution in [0, 0.1) is 6.92 Å². The normalized spacial score (nSPS) is 9.83. The fourth-order valence-electron chi connectivity index (χ4n) is 0.896. The molecule has 2 N–H and O–H groups in total. The predicted molar refractivity (Wildman–Crippen MR) is 46.9 cm³/mol. The molecule has 0 spiro atoms. The number of amides is 1. The number of aromatic nitrogens is 1. The Morgan fingerprint density at radius 3 is 3.00 bits per heavy atom. The Morgan fingerprint density at radius 2 is 2.42 bits per heavy atom. The highest BCUT2D eigenvalue weighted by molar-refractivity contribution is 6.31. The Labute approximate surface area is 75.6 Å². The van der Waals surface area contributed by atoms with Crippen molar-refractivity contribution in [1.82, 2.24) is 4.98 Å². The molecule has 1 heterocycles. The number of halogens is 1. The zero-order chi connectivity index (χ0) is 9.14. The number of pyridine rings is 1. The molecule has 1 aromatic rings. The quantitative estimate of drug-likeness (QED) is 0.748. The average Bonchev–Trinajstić information content (AvgIpc) is 1.98. The minimum atomic E-state index is -0.395. The molecule has 1 rings (SSSR count). The van der Waals surface area contributed by atoms with E-state index >= 15 is 0 Å². The summed E-state index contributed by atoms with van der Waals surface area (Å²) in [5, 5.41) is 0.612. The van der Waals surface area contributed by atoms with E-state index in [2.05, 4.69) is 4.98 Å². The van der Waals surface area contributed by atoms with Crippen molar-refractivity contribution in [3.05, 3.63) is 28.5 Å². The second-order valence-corrected chi connectivity index (χ2v) is 2.91. The largest absolute Gasteiger partial charge is 0.369 e. The van der Waals surface area contributed by atoms with Crippen molar-refractivity contribution in [3.8, 4) is 0 Å². The highest BCUT2D eigenvalue weighted by Gasteiger charge is 2.05. The second kappa shape index (κ2) is 3.54. The van der Waals surface area contributed by atoms with Gasteiger partial charge in [0.1, 0.15) is 0 Å². The maximum absolute atomic E-state index is 10.6. The first kappa shape index (κ1) is 9.00. The number of nitrogens with zero attached hydrogens (tertiary/aromatic N) is 1. The summed E-state index contributed by atoms with van der Waals surface area (Å²) in [5.41, 5.74) is 6.49. The second-order valence-electron chi connectivity index (χ2n) is 2.51. The van der Waals surface area contributed by atoms with Gasteiger partial charge in [0.15, 0.2) is 0 Å². The average molecular weight is 185 g/mol. The van der Waals surface area contributed by atoms with Gasteiger partial charge in [-0.3, -0.25) is 9.78 Å². The van der Waals surface area contributed by atoms with Gasteiger partial charge in [-0.1, -0.05) is 11.6 Å². The maximum atomic E-state index is 10.6. The molecule has 0 unspecified atom stereocenters. The molecule has 0 aromatic carbocycles. The lowest BCUT2D eigenvalue weighted by atomic mass is 10.1. The molecule has 64 valence electrons. The fourth-order valence-corrected chi connectivity index (χ4v) is 1.06. The molecule has 1 aromatic heterocycles. The zero-order valence-corrected chi connectivity index (χ0v) is 7.43. The Bertz CT molecular complexity index is 312. The van der Waals surface area contributed by atoms with Crippen molar-refractivity contribution in [3.63, 3.8) is 0 Å². The number of hydrogen-bond donors (Lipinski definition) is 1. The van der Waals surface area contributed by atoms with Crippen LogP contribution in [-0.4, -0.2) is 10.9 Å². The number of carbonyl (C=O) groups is 1. The van der Waals surface area contributed by atoms with E-state index in [4.69, 9.17) is 17.3 Å². The van der Waals surface area contributed by atoms with E-state index < -0.39 is 5.91 Å². The maximum Gasteiger partial charge on any atom is 0.223 e. The van der Waals surface area contributed by atoms with Crippen molar-refractivity contribution in [2.45, 2.75) is 13.3 Å². The van der Waals surface area contributed by atoms with E-state index in [0.717, 1.165) is 5.56 Å². The third-order valence-electron chi connectivity index (χ3n) is 1.58. The molecule has 0 aliphatic carbocycles. The SMILES string of the molecule is Cc1c(Cl)ccnc1CC(N)=O. The van der Waals surface area contributed by atoms with Crippen molar-refractivity contribution in [2.24, 2.45) is 5.73 Å². The lowest BCUT2D eigenvalue weighted by molar-refractivity contribution is -0.117. The summed E-state index contributed by atoms with van der Waals surface area (Å²) in [4.78, 5) is 14.6. The van der Waals surface area contributed by atoms with Crippen molar-refractivity contribution in [1.29, 1.82) is 0 Å². The van der Waals surface area contributed by atoms with E-state index in [9.17, 15) is 4.79 Å². The summed E-state index contributed by atoms with van der Waals surface area (Å²) < 4.78 is 0. The third kappa shape index (κ3) is 1.95. The smallest absolute Gasteiger partial charge is 0.223 e. The summed E-state index contributed by atoms with van der Waals surface area (Å²) in [5.74, 6) is -0.395. The Kier molecular flexibility index (Phi) is 2.65. The van der Waals surface area contributed by atoms with Gasteiger partial charge in [0, 0.05) is 11.2 Å². The minimum absolute atomic E-state index is 0.145. The van der Waals surface area contributed by atoms with Gasteiger partial charge in [0.05, 0.1) is 12.1 Å². The Hall–Kier alpha value is -1.09. The van der Waals surface area contributed by atoms with Gasteiger partial charge in [0.2, 0.25) is 5.91 Å². The minimum Gasteiger partial charge on any atom is -0.369 e. The van der Waals surface area contributed by atoms with Gasteiger partial charge in [-0.25, -0.2) is 0 Å². The van der Waals surface area contributed by atoms with Crippen LogP contribution in [0.5, 0.6) is 0 Å². The highest BCUT2D eigenvalue weighted by Crippen LogP contribution is 2.16. The van der Waals surface area contributed by atoms with E-state index in [0.29, 0.717) is 10.7 Å². The van der Waals surface area contributed by atoms with Gasteiger partial charge in [-0.05, 0) is 18.6 Å². The Morgan fingerprint density at radius 1 is 1.75 bits per heavy atom. The standard InChI is InChI=1S/C8H9ClN2O/c1-5-6(9)2-3-11-7(5)4-8(10)12/h2-3H,4H2,1H3,(H2,10,12). The van der Waals surface area contributed by atoms with Crippen LogP contribution in [0.15, 0.2) is 12.3 Å². The van der Waals surface area contributed by atoms with Gasteiger partial charge in [0.25, 0.3) is 0 Å². The van der Waals surface area contributed by atoms with Crippen molar-refractivity contribution < 1.29 is 4.79 Å². The molecule has 0 atom stereocenters. The molecule has 0 fully saturated rings. The molecule has 12 heavy (non-hydrogen) atoms. The van der Waals surface area contributed by atoms with E-state index in [1.165, 1.54) is 0 Å². The van der Waals surface area contributed by atoms with Crippen LogP contribution in [0.4, 0.5) is 0 Å². The molecule has 0 saturated carbocycles. The third-order valence-corrected chi connectivity index (χ3v) is 1.99. The number of rotatable bonds is 2. The van der Waals surface area contributed by atoms with Crippen LogP contribution in [-0.2, 0) is 11.2 Å². The van der Waals surface area contributed by atoms with Gasteiger partial charge < -0.3 is 5.73 Å². The molecular formula is C8H9ClN2O. The molecule has 1 amide bonds. The molecule has 0 aliphatic rings. The van der Waals surface area contributed by atoms with E-state index in [1.807, 2.05) is 6.92 Å². The first-order valence-corrected chi connectivity index (χ1v) is 3.87. The van der Waals surface area contributed by atoms with E-state index in [-0.39, 0.29) is 6.42 Å². The van der Waals surface area contributed by atoms with Crippen LogP contribution in [0.25, 0.3) is 0 Å². The first-order chi connectivity index (χ1) is 5.61. The molecule has 0 radical (unpaired) electrons. The summed E-state index contributed by atoms with van der Waals surface area (Å²) in [6.45, 7) is 1.81. The summed E-state index contributed by atoms with van der Waals surface area (Å²) >= 11 is 5.81. The molecule has 0 saturated heterocycles. The van der Waals surface area contributed by atoms with E-state index in [1.54, 1.807) is 12.3 Å². The fraction of sp³-hybridized carbons (Fsp3) is 0.250. The molecule has 0 aliphatic heterocycles. The van der Waals surface area contributed by atoms with Gasteiger partial charge in [-0.2, -0.15) is 0 Å². The topological polar surface area (TPSA) is 56.0 Å². The lowest BCUT2D eigenvalue weighted by Crippen LogP contribution is -2.15.